The van der Waals surface area contributed by atoms with E-state index in [1.165, 1.54) is 10.9 Å². The molecule has 4 aromatic rings. The first-order valence-corrected chi connectivity index (χ1v) is 10.3. The molecule has 0 saturated heterocycles. The molecule has 0 atom stereocenters. The second-order valence-electron chi connectivity index (χ2n) is 6.83. The SMILES string of the molecule is CN(Cc1c(C(=O)N/N=C\c2ccc(Cl)cc2Cl)nnn1-c1nonc1N)c1ccccc1. The maximum Gasteiger partial charge on any atom is 0.293 e. The number of hydrogen-bond acceptors (Lipinski definition) is 9. The van der Waals surface area contributed by atoms with Crippen LogP contribution in [0.25, 0.3) is 5.82 Å². The molecule has 0 bridgehead atoms. The molecule has 2 heterocycles. The van der Waals surface area contributed by atoms with Crippen molar-refractivity contribution in [3.8, 4) is 5.82 Å². The highest BCUT2D eigenvalue weighted by atomic mass is 35.5. The largest absolute Gasteiger partial charge is 0.378 e. The van der Waals surface area contributed by atoms with Gasteiger partial charge in [-0.25, -0.2) is 10.1 Å². The Labute approximate surface area is 197 Å². The number of amides is 1. The lowest BCUT2D eigenvalue weighted by atomic mass is 10.2. The summed E-state index contributed by atoms with van der Waals surface area (Å²) in [4.78, 5) is 14.8. The lowest BCUT2D eigenvalue weighted by Crippen LogP contribution is -2.24. The summed E-state index contributed by atoms with van der Waals surface area (Å²) in [5.41, 5.74) is 10.2. The fourth-order valence-corrected chi connectivity index (χ4v) is 3.40. The van der Waals surface area contributed by atoms with Crippen molar-refractivity contribution in [2.24, 2.45) is 5.10 Å². The Balaban J connectivity index is 1.61. The topological polar surface area (TPSA) is 140 Å². The molecule has 0 radical (unpaired) electrons. The monoisotopic (exact) mass is 485 g/mol. The van der Waals surface area contributed by atoms with Crippen molar-refractivity contribution in [3.63, 3.8) is 0 Å². The number of aromatic nitrogens is 5. The summed E-state index contributed by atoms with van der Waals surface area (Å²) in [7, 11) is 1.86. The third-order valence-corrected chi connectivity index (χ3v) is 5.15. The van der Waals surface area contributed by atoms with Crippen molar-refractivity contribution in [1.82, 2.24) is 30.7 Å². The number of hydrogen-bond donors (Lipinski definition) is 2. The lowest BCUT2D eigenvalue weighted by molar-refractivity contribution is 0.0949. The summed E-state index contributed by atoms with van der Waals surface area (Å²) in [6, 6.07) is 14.5. The van der Waals surface area contributed by atoms with Gasteiger partial charge in [0.1, 0.15) is 0 Å². The van der Waals surface area contributed by atoms with Crippen LogP contribution in [0.3, 0.4) is 0 Å². The minimum Gasteiger partial charge on any atom is -0.378 e. The zero-order chi connectivity index (χ0) is 23.4. The molecule has 1 amide bonds. The van der Waals surface area contributed by atoms with E-state index < -0.39 is 5.91 Å². The highest BCUT2D eigenvalue weighted by Crippen LogP contribution is 2.21. The first-order chi connectivity index (χ1) is 15.9. The van der Waals surface area contributed by atoms with Crippen molar-refractivity contribution in [1.29, 1.82) is 0 Å². The number of carbonyl (C=O) groups is 1. The summed E-state index contributed by atoms with van der Waals surface area (Å²) >= 11 is 12.0. The fourth-order valence-electron chi connectivity index (χ4n) is 2.95. The summed E-state index contributed by atoms with van der Waals surface area (Å²) in [5.74, 6) is -0.464. The quantitative estimate of drug-likeness (QED) is 0.300. The molecule has 0 aliphatic heterocycles. The van der Waals surface area contributed by atoms with E-state index in [2.05, 4.69) is 35.8 Å². The predicted molar refractivity (Wildman–Crippen MR) is 124 cm³/mol. The number of para-hydroxylation sites is 1. The molecule has 0 aliphatic rings. The zero-order valence-corrected chi connectivity index (χ0v) is 18.7. The van der Waals surface area contributed by atoms with E-state index in [1.54, 1.807) is 18.2 Å². The average molecular weight is 486 g/mol. The number of nitrogens with zero attached hydrogens (tertiary/aromatic N) is 7. The Morgan fingerprint density at radius 3 is 2.73 bits per heavy atom. The van der Waals surface area contributed by atoms with Crippen LogP contribution in [0.15, 0.2) is 58.3 Å². The van der Waals surface area contributed by atoms with E-state index in [0.717, 1.165) is 5.69 Å². The van der Waals surface area contributed by atoms with Crippen LogP contribution in [-0.4, -0.2) is 44.5 Å². The molecule has 0 unspecified atom stereocenters. The standard InChI is InChI=1S/C20H17Cl2N9O2/c1-30(14-5-3-2-4-6-14)11-16-17(25-29-31(16)19-18(23)27-33-28-19)20(32)26-24-10-12-7-8-13(21)9-15(12)22/h2-10H,11H2,1H3,(H2,23,27)(H,26,32)/b24-10-. The Bertz CT molecular complexity index is 1300. The molecule has 11 nitrogen and oxygen atoms in total. The van der Waals surface area contributed by atoms with Gasteiger partial charge in [0.2, 0.25) is 11.6 Å². The molecule has 0 spiro atoms. The van der Waals surface area contributed by atoms with Gasteiger partial charge in [-0.1, -0.05) is 52.7 Å². The molecule has 0 fully saturated rings. The Hall–Kier alpha value is -3.96. The third-order valence-electron chi connectivity index (χ3n) is 4.59. The third kappa shape index (κ3) is 4.94. The van der Waals surface area contributed by atoms with Gasteiger partial charge in [-0.05, 0) is 34.6 Å². The number of benzene rings is 2. The number of rotatable bonds is 7. The van der Waals surface area contributed by atoms with Crippen LogP contribution in [0, 0.1) is 0 Å². The maximum absolute atomic E-state index is 12.9. The number of carbonyl (C=O) groups excluding carboxylic acids is 1. The van der Waals surface area contributed by atoms with Gasteiger partial charge < -0.3 is 10.6 Å². The normalized spacial score (nSPS) is 11.1. The summed E-state index contributed by atoms with van der Waals surface area (Å²) in [5, 5.41) is 20.2. The van der Waals surface area contributed by atoms with E-state index in [-0.39, 0.29) is 23.9 Å². The second kappa shape index (κ2) is 9.67. The van der Waals surface area contributed by atoms with Crippen molar-refractivity contribution in [2.75, 3.05) is 17.7 Å². The first kappa shape index (κ1) is 22.2. The first-order valence-electron chi connectivity index (χ1n) is 9.51. The molecule has 2 aromatic carbocycles. The smallest absolute Gasteiger partial charge is 0.293 e. The Morgan fingerprint density at radius 2 is 2.03 bits per heavy atom. The van der Waals surface area contributed by atoms with Crippen LogP contribution in [0.5, 0.6) is 0 Å². The van der Waals surface area contributed by atoms with Crippen LogP contribution < -0.4 is 16.1 Å². The summed E-state index contributed by atoms with van der Waals surface area (Å²) < 4.78 is 5.98. The molecule has 3 N–H and O–H groups in total. The summed E-state index contributed by atoms with van der Waals surface area (Å²) in [6.45, 7) is 0.249. The van der Waals surface area contributed by atoms with Crippen LogP contribution in [0.1, 0.15) is 21.7 Å². The minimum absolute atomic E-state index is 0.00544. The maximum atomic E-state index is 12.9. The molecule has 33 heavy (non-hydrogen) atoms. The van der Waals surface area contributed by atoms with Gasteiger partial charge in [0.15, 0.2) is 5.69 Å². The van der Waals surface area contributed by atoms with Crippen LogP contribution in [0.2, 0.25) is 10.0 Å². The predicted octanol–water partition coefficient (Wildman–Crippen LogP) is 2.94. The van der Waals surface area contributed by atoms with Crippen LogP contribution in [-0.2, 0) is 6.54 Å². The number of anilines is 2. The van der Waals surface area contributed by atoms with Gasteiger partial charge in [0.25, 0.3) is 5.91 Å². The number of nitrogen functional groups attached to an aromatic ring is 1. The highest BCUT2D eigenvalue weighted by Gasteiger charge is 2.25. The van der Waals surface area contributed by atoms with Gasteiger partial charge in [0.05, 0.1) is 23.5 Å². The van der Waals surface area contributed by atoms with E-state index in [1.807, 2.05) is 42.3 Å². The Morgan fingerprint density at radius 1 is 1.24 bits per heavy atom. The van der Waals surface area contributed by atoms with Crippen LogP contribution in [0.4, 0.5) is 11.5 Å². The van der Waals surface area contributed by atoms with Gasteiger partial charge in [-0.15, -0.1) is 5.10 Å². The second-order valence-corrected chi connectivity index (χ2v) is 7.67. The fraction of sp³-hybridized carbons (Fsp3) is 0.100. The van der Waals surface area contributed by atoms with Gasteiger partial charge in [-0.2, -0.15) is 9.78 Å². The molecular weight excluding hydrogens is 469 g/mol. The average Bonchev–Trinajstić information content (AvgIpc) is 3.41. The van der Waals surface area contributed by atoms with Crippen molar-refractivity contribution >= 4 is 46.8 Å². The van der Waals surface area contributed by atoms with Crippen molar-refractivity contribution < 1.29 is 9.42 Å². The molecule has 0 saturated carbocycles. The van der Waals surface area contributed by atoms with Crippen LogP contribution >= 0.6 is 23.2 Å². The molecule has 2 aromatic heterocycles. The number of nitrogens with two attached hydrogens (primary N) is 1. The van der Waals surface area contributed by atoms with Crippen molar-refractivity contribution in [3.05, 3.63) is 75.5 Å². The molecule has 168 valence electrons. The molecule has 0 aliphatic carbocycles. The summed E-state index contributed by atoms with van der Waals surface area (Å²) in [6.07, 6.45) is 1.40. The zero-order valence-electron chi connectivity index (χ0n) is 17.2. The lowest BCUT2D eigenvalue weighted by Gasteiger charge is -2.19. The van der Waals surface area contributed by atoms with E-state index in [4.69, 9.17) is 28.9 Å². The molecule has 13 heteroatoms. The van der Waals surface area contributed by atoms with Crippen molar-refractivity contribution in [2.45, 2.75) is 6.54 Å². The number of hydrazone groups is 1. The highest BCUT2D eigenvalue weighted by molar-refractivity contribution is 6.36. The molecular formula is C20H17Cl2N9O2. The minimum atomic E-state index is -0.589. The van der Waals surface area contributed by atoms with E-state index in [0.29, 0.717) is 21.3 Å². The van der Waals surface area contributed by atoms with Gasteiger partial charge >= 0.3 is 0 Å². The van der Waals surface area contributed by atoms with Gasteiger partial charge in [-0.3, -0.25) is 4.79 Å². The van der Waals surface area contributed by atoms with Gasteiger partial charge in [0, 0.05) is 23.3 Å². The molecule has 4 rings (SSSR count). The van der Waals surface area contributed by atoms with E-state index in [9.17, 15) is 4.79 Å². The number of halogens is 2. The van der Waals surface area contributed by atoms with E-state index >= 15 is 0 Å². The Kier molecular flexibility index (Phi) is 6.52. The number of nitrogens with one attached hydrogen (secondary N) is 1.